The zero-order valence-electron chi connectivity index (χ0n) is 15.2. The molecule has 2 heterocycles. The predicted molar refractivity (Wildman–Crippen MR) is 112 cm³/mol. The van der Waals surface area contributed by atoms with E-state index in [4.69, 9.17) is 4.74 Å². The molecule has 0 unspecified atom stereocenters. The summed E-state index contributed by atoms with van der Waals surface area (Å²) < 4.78 is 6.15. The summed E-state index contributed by atoms with van der Waals surface area (Å²) in [5.74, 6) is 5.11. The molecule has 0 aliphatic carbocycles. The van der Waals surface area contributed by atoms with Crippen molar-refractivity contribution in [2.24, 2.45) is 5.92 Å². The molecular formula is C18H37NOS3. The van der Waals surface area contributed by atoms with Gasteiger partial charge < -0.3 is 9.64 Å². The average Bonchev–Trinajstić information content (AvgIpc) is 2.51. The Morgan fingerprint density at radius 2 is 1.91 bits per heavy atom. The molecule has 0 spiro atoms. The van der Waals surface area contributed by atoms with Crippen molar-refractivity contribution in [2.45, 2.75) is 64.9 Å². The second-order valence-corrected chi connectivity index (χ2v) is 14.9. The average molecular weight is 380 g/mol. The molecule has 5 heteroatoms. The Kier molecular flexibility index (Phi) is 9.57. The van der Waals surface area contributed by atoms with E-state index in [0.717, 1.165) is 12.5 Å². The van der Waals surface area contributed by atoms with Gasteiger partial charge in [0.15, 0.2) is 0 Å². The third-order valence-electron chi connectivity index (χ3n) is 5.25. The quantitative estimate of drug-likeness (QED) is 0.294. The van der Waals surface area contributed by atoms with Crippen molar-refractivity contribution in [3.05, 3.63) is 0 Å². The molecule has 2 aliphatic heterocycles. The van der Waals surface area contributed by atoms with Crippen molar-refractivity contribution in [2.75, 3.05) is 43.5 Å². The molecule has 0 amide bonds. The maximum Gasteiger partial charge on any atom is 0.0599 e. The summed E-state index contributed by atoms with van der Waals surface area (Å²) in [5.41, 5.74) is 0. The lowest BCUT2D eigenvalue weighted by molar-refractivity contribution is 0.00790. The fourth-order valence-electron chi connectivity index (χ4n) is 3.54. The van der Waals surface area contributed by atoms with E-state index in [1.54, 1.807) is 0 Å². The third kappa shape index (κ3) is 7.39. The van der Waals surface area contributed by atoms with Crippen molar-refractivity contribution in [3.8, 4) is 0 Å². The van der Waals surface area contributed by atoms with Crippen molar-refractivity contribution in [1.29, 1.82) is 0 Å². The molecule has 23 heavy (non-hydrogen) atoms. The molecular weight excluding hydrogens is 342 g/mol. The number of unbranched alkanes of at least 4 members (excludes halogenated alkanes) is 1. The van der Waals surface area contributed by atoms with E-state index in [9.17, 15) is 0 Å². The van der Waals surface area contributed by atoms with Gasteiger partial charge in [0.05, 0.1) is 6.10 Å². The van der Waals surface area contributed by atoms with Gasteiger partial charge in [0.1, 0.15) is 0 Å². The van der Waals surface area contributed by atoms with Crippen molar-refractivity contribution in [3.63, 3.8) is 0 Å². The van der Waals surface area contributed by atoms with Crippen LogP contribution in [-0.2, 0) is 4.74 Å². The number of likely N-dealkylation sites (tertiary alicyclic amines) is 1. The molecule has 2 rings (SSSR count). The molecule has 138 valence electrons. The standard InChI is InChI=1S/C18H37NOS3/c1-17(2)7-3-4-10-19-11-8-18(9-12-19)20-13-5-14-23(22-21)15-6-16-23/h17-18,21H,3-16H2,1-2H3. The van der Waals surface area contributed by atoms with Crippen LogP contribution in [-0.4, -0.2) is 54.5 Å². The first-order valence-corrected chi connectivity index (χ1v) is 14.1. The van der Waals surface area contributed by atoms with Crippen LogP contribution >= 0.6 is 30.5 Å². The van der Waals surface area contributed by atoms with Crippen molar-refractivity contribution >= 4 is 30.5 Å². The van der Waals surface area contributed by atoms with Crippen LogP contribution in [0, 0.1) is 5.92 Å². The largest absolute Gasteiger partial charge is 0.378 e. The number of nitrogens with zero attached hydrogens (tertiary/aromatic N) is 1. The molecule has 2 nitrogen and oxygen atoms in total. The van der Waals surface area contributed by atoms with Crippen LogP contribution in [0.5, 0.6) is 0 Å². The lowest BCUT2D eigenvalue weighted by Crippen LogP contribution is -2.37. The molecule has 0 aromatic heterocycles. The summed E-state index contributed by atoms with van der Waals surface area (Å²) in [6, 6.07) is 0. The molecule has 0 radical (unpaired) electrons. The van der Waals surface area contributed by atoms with E-state index in [0.29, 0.717) is 6.10 Å². The van der Waals surface area contributed by atoms with Gasteiger partial charge in [0.2, 0.25) is 0 Å². The van der Waals surface area contributed by atoms with Crippen molar-refractivity contribution < 1.29 is 4.74 Å². The van der Waals surface area contributed by atoms with Gasteiger partial charge in [-0.2, -0.15) is 9.06 Å². The second-order valence-electron chi connectivity index (χ2n) is 7.66. The Bertz CT molecular complexity index is 310. The van der Waals surface area contributed by atoms with Crippen LogP contribution in [0.3, 0.4) is 0 Å². The van der Waals surface area contributed by atoms with Gasteiger partial charge in [0.25, 0.3) is 0 Å². The fraction of sp³-hybridized carbons (Fsp3) is 1.00. The highest BCUT2D eigenvalue weighted by atomic mass is 33.5. The van der Waals surface area contributed by atoms with E-state index in [2.05, 4.69) is 30.4 Å². The predicted octanol–water partition coefficient (Wildman–Crippen LogP) is 5.39. The number of thiol groups is 1. The van der Waals surface area contributed by atoms with Gasteiger partial charge in [-0.05, 0) is 71.7 Å². The topological polar surface area (TPSA) is 12.5 Å². The molecule has 0 aromatic rings. The Balaban J connectivity index is 1.46. The first-order valence-electron chi connectivity index (χ1n) is 9.57. The number of ether oxygens (including phenoxy) is 1. The molecule has 0 atom stereocenters. The Labute approximate surface area is 154 Å². The Hall–Kier alpha value is 0.970. The maximum atomic E-state index is 6.15. The van der Waals surface area contributed by atoms with Crippen LogP contribution in [0.15, 0.2) is 0 Å². The Morgan fingerprint density at radius 3 is 2.48 bits per heavy atom. The third-order valence-corrected chi connectivity index (χ3v) is 14.0. The van der Waals surface area contributed by atoms with E-state index < -0.39 is 0 Å². The summed E-state index contributed by atoms with van der Waals surface area (Å²) in [6.07, 6.45) is 9.83. The Morgan fingerprint density at radius 1 is 1.17 bits per heavy atom. The number of rotatable bonds is 11. The van der Waals surface area contributed by atoms with E-state index >= 15 is 0 Å². The van der Waals surface area contributed by atoms with Crippen LogP contribution in [0.4, 0.5) is 0 Å². The smallest absolute Gasteiger partial charge is 0.0599 e. The van der Waals surface area contributed by atoms with Gasteiger partial charge in [-0.1, -0.05) is 26.7 Å². The molecule has 0 N–H and O–H groups in total. The minimum absolute atomic E-state index is 0.372. The summed E-state index contributed by atoms with van der Waals surface area (Å²) in [5, 5.41) is 0. The van der Waals surface area contributed by atoms with Gasteiger partial charge in [-0.25, -0.2) is 0 Å². The number of hydrogen-bond acceptors (Lipinski definition) is 4. The van der Waals surface area contributed by atoms with E-state index in [-0.39, 0.29) is 9.06 Å². The summed E-state index contributed by atoms with van der Waals surface area (Å²) in [4.78, 5) is 2.64. The molecule has 0 saturated carbocycles. The molecule has 2 saturated heterocycles. The monoisotopic (exact) mass is 379 g/mol. The van der Waals surface area contributed by atoms with Crippen LogP contribution in [0.2, 0.25) is 0 Å². The molecule has 2 fully saturated rings. The zero-order chi connectivity index (χ0) is 16.5. The highest BCUT2D eigenvalue weighted by molar-refractivity contribution is 9.16. The van der Waals surface area contributed by atoms with Crippen molar-refractivity contribution in [1.82, 2.24) is 4.90 Å². The maximum absolute atomic E-state index is 6.15. The lowest BCUT2D eigenvalue weighted by atomic mass is 10.0. The minimum Gasteiger partial charge on any atom is -0.378 e. The van der Waals surface area contributed by atoms with Crippen LogP contribution in [0.1, 0.15) is 58.8 Å². The SMILES string of the molecule is CC(C)CCCCN1CCC(OCCCS2(SS)CCC2)CC1. The molecule has 2 aliphatic rings. The lowest BCUT2D eigenvalue weighted by Gasteiger charge is -2.45. The zero-order valence-corrected chi connectivity index (χ0v) is 17.7. The highest BCUT2D eigenvalue weighted by Crippen LogP contribution is 2.68. The molecule has 0 aromatic carbocycles. The first-order chi connectivity index (χ1) is 11.1. The van der Waals surface area contributed by atoms with Gasteiger partial charge >= 0.3 is 0 Å². The number of piperidine rings is 1. The van der Waals surface area contributed by atoms with Gasteiger partial charge in [0, 0.05) is 19.7 Å². The summed E-state index contributed by atoms with van der Waals surface area (Å²) in [7, 11) is 1.50. The van der Waals surface area contributed by atoms with E-state index in [1.807, 2.05) is 9.83 Å². The van der Waals surface area contributed by atoms with Gasteiger partial charge in [-0.15, -0.1) is 11.7 Å². The highest BCUT2D eigenvalue weighted by Gasteiger charge is 2.30. The normalized spacial score (nSPS) is 23.8. The van der Waals surface area contributed by atoms with Crippen LogP contribution < -0.4 is 0 Å². The van der Waals surface area contributed by atoms with E-state index in [1.165, 1.54) is 81.8 Å². The first kappa shape index (κ1) is 20.3. The number of hydrogen-bond donors (Lipinski definition) is 1. The summed E-state index contributed by atoms with van der Waals surface area (Å²) in [6.45, 7) is 9.41. The van der Waals surface area contributed by atoms with Crippen LogP contribution in [0.25, 0.3) is 0 Å². The van der Waals surface area contributed by atoms with Gasteiger partial charge in [-0.3, -0.25) is 0 Å². The molecule has 0 bridgehead atoms. The second kappa shape index (κ2) is 10.8. The summed E-state index contributed by atoms with van der Waals surface area (Å²) >= 11 is 4.50. The minimum atomic E-state index is -0.372. The fourth-order valence-corrected chi connectivity index (χ4v) is 9.49.